The summed E-state index contributed by atoms with van der Waals surface area (Å²) >= 11 is 0. The molecule has 1 aliphatic rings. The fourth-order valence-corrected chi connectivity index (χ4v) is 2.66. The van der Waals surface area contributed by atoms with Crippen molar-refractivity contribution in [2.24, 2.45) is 0 Å². The van der Waals surface area contributed by atoms with Crippen LogP contribution in [0.5, 0.6) is 5.75 Å². The van der Waals surface area contributed by atoms with Gasteiger partial charge in [0.1, 0.15) is 11.6 Å². The second kappa shape index (κ2) is 6.51. The Balaban J connectivity index is 1.67. The summed E-state index contributed by atoms with van der Waals surface area (Å²) in [5, 5.41) is 13.2. The molecule has 1 aliphatic heterocycles. The van der Waals surface area contributed by atoms with E-state index in [1.165, 1.54) is 0 Å². The van der Waals surface area contributed by atoms with Gasteiger partial charge in [-0.05, 0) is 25.1 Å². The lowest BCUT2D eigenvalue weighted by molar-refractivity contribution is 0.472. The van der Waals surface area contributed by atoms with Gasteiger partial charge < -0.3 is 20.2 Å². The minimum atomic E-state index is 0.335. The number of nitrogens with one attached hydrogen (secondary N) is 1. The topological polar surface area (TPSA) is 64.5 Å². The van der Waals surface area contributed by atoms with Crippen molar-refractivity contribution in [3.8, 4) is 5.75 Å². The van der Waals surface area contributed by atoms with Crippen molar-refractivity contribution in [1.82, 2.24) is 9.97 Å². The predicted molar refractivity (Wildman–Crippen MR) is 88.7 cm³/mol. The van der Waals surface area contributed by atoms with Crippen molar-refractivity contribution in [3.05, 3.63) is 36.5 Å². The summed E-state index contributed by atoms with van der Waals surface area (Å²) in [6, 6.07) is 9.35. The van der Waals surface area contributed by atoms with Crippen LogP contribution in [0.1, 0.15) is 6.92 Å². The van der Waals surface area contributed by atoms with Gasteiger partial charge in [-0.3, -0.25) is 0 Å². The van der Waals surface area contributed by atoms with Gasteiger partial charge in [0.05, 0.1) is 5.69 Å². The Labute approximate surface area is 130 Å². The summed E-state index contributed by atoms with van der Waals surface area (Å²) < 4.78 is 0. The largest absolute Gasteiger partial charge is 0.506 e. The molecule has 0 saturated carbocycles. The van der Waals surface area contributed by atoms with E-state index in [9.17, 15) is 5.11 Å². The molecule has 1 fully saturated rings. The number of benzene rings is 1. The van der Waals surface area contributed by atoms with E-state index < -0.39 is 0 Å². The van der Waals surface area contributed by atoms with E-state index in [4.69, 9.17) is 0 Å². The summed E-state index contributed by atoms with van der Waals surface area (Å²) in [5.41, 5.74) is 0.893. The molecule has 2 heterocycles. The SMILES string of the molecule is CCNc1ccnc(N2CCN(c3ccccc3O)CC2)n1. The quantitative estimate of drug-likeness (QED) is 0.899. The number of aromatic hydroxyl groups is 1. The molecule has 6 heteroatoms. The van der Waals surface area contributed by atoms with Gasteiger partial charge in [0.15, 0.2) is 0 Å². The molecule has 3 rings (SSSR count). The first-order valence-corrected chi connectivity index (χ1v) is 7.62. The first kappa shape index (κ1) is 14.4. The van der Waals surface area contributed by atoms with Crippen molar-refractivity contribution in [2.75, 3.05) is 47.8 Å². The third-order valence-electron chi connectivity index (χ3n) is 3.79. The fraction of sp³-hybridized carbons (Fsp3) is 0.375. The summed E-state index contributed by atoms with van der Waals surface area (Å²) in [6.07, 6.45) is 1.79. The molecule has 0 spiro atoms. The van der Waals surface area contributed by atoms with E-state index in [0.29, 0.717) is 5.75 Å². The molecule has 0 atom stereocenters. The molecule has 2 aromatic rings. The zero-order chi connectivity index (χ0) is 15.4. The molecule has 1 saturated heterocycles. The van der Waals surface area contributed by atoms with Crippen LogP contribution in [0, 0.1) is 0 Å². The smallest absolute Gasteiger partial charge is 0.227 e. The predicted octanol–water partition coefficient (Wildman–Crippen LogP) is 1.94. The number of piperazine rings is 1. The lowest BCUT2D eigenvalue weighted by Gasteiger charge is -2.36. The van der Waals surface area contributed by atoms with E-state index in [-0.39, 0.29) is 0 Å². The van der Waals surface area contributed by atoms with E-state index >= 15 is 0 Å². The van der Waals surface area contributed by atoms with Crippen LogP contribution < -0.4 is 15.1 Å². The average molecular weight is 299 g/mol. The summed E-state index contributed by atoms with van der Waals surface area (Å²) in [6.45, 7) is 6.25. The lowest BCUT2D eigenvalue weighted by atomic mass is 10.2. The first-order valence-electron chi connectivity index (χ1n) is 7.62. The molecule has 0 unspecified atom stereocenters. The summed E-state index contributed by atoms with van der Waals surface area (Å²) in [5.74, 6) is 1.95. The van der Waals surface area contributed by atoms with Crippen LogP contribution in [0.4, 0.5) is 17.5 Å². The van der Waals surface area contributed by atoms with E-state index in [2.05, 4.69) is 25.1 Å². The molecule has 0 bridgehead atoms. The molecule has 22 heavy (non-hydrogen) atoms. The van der Waals surface area contributed by atoms with Gasteiger partial charge in [-0.1, -0.05) is 12.1 Å². The van der Waals surface area contributed by atoms with Gasteiger partial charge in [-0.15, -0.1) is 0 Å². The second-order valence-electron chi connectivity index (χ2n) is 5.24. The molecule has 1 aromatic heterocycles. The minimum absolute atomic E-state index is 0.335. The maximum atomic E-state index is 9.95. The molecule has 0 radical (unpaired) electrons. The Hall–Kier alpha value is -2.50. The monoisotopic (exact) mass is 299 g/mol. The maximum absolute atomic E-state index is 9.95. The highest BCUT2D eigenvalue weighted by molar-refractivity contribution is 5.58. The maximum Gasteiger partial charge on any atom is 0.227 e. The van der Waals surface area contributed by atoms with Gasteiger partial charge in [0.25, 0.3) is 0 Å². The van der Waals surface area contributed by atoms with Gasteiger partial charge in [0, 0.05) is 38.9 Å². The van der Waals surface area contributed by atoms with Crippen LogP contribution in [0.15, 0.2) is 36.5 Å². The number of hydrogen-bond acceptors (Lipinski definition) is 6. The van der Waals surface area contributed by atoms with Crippen molar-refractivity contribution < 1.29 is 5.11 Å². The molecule has 0 amide bonds. The van der Waals surface area contributed by atoms with E-state index in [1.54, 1.807) is 12.3 Å². The van der Waals surface area contributed by atoms with Crippen LogP contribution in [0.2, 0.25) is 0 Å². The number of phenols is 1. The van der Waals surface area contributed by atoms with Crippen LogP contribution >= 0.6 is 0 Å². The average Bonchev–Trinajstić information content (AvgIpc) is 2.56. The van der Waals surface area contributed by atoms with Gasteiger partial charge in [-0.2, -0.15) is 4.98 Å². The van der Waals surface area contributed by atoms with Crippen LogP contribution in [0.3, 0.4) is 0 Å². The standard InChI is InChI=1S/C16H21N5O/c1-2-17-15-7-8-18-16(19-15)21-11-9-20(10-12-21)13-5-3-4-6-14(13)22/h3-8,22H,2,9-12H2,1H3,(H,17,18,19). The Morgan fingerprint density at radius 3 is 2.55 bits per heavy atom. The number of nitrogens with zero attached hydrogens (tertiary/aromatic N) is 4. The molecule has 1 aromatic carbocycles. The number of anilines is 3. The van der Waals surface area contributed by atoms with E-state index in [1.807, 2.05) is 31.2 Å². The van der Waals surface area contributed by atoms with Crippen molar-refractivity contribution in [3.63, 3.8) is 0 Å². The molecule has 116 valence electrons. The lowest BCUT2D eigenvalue weighted by Crippen LogP contribution is -2.47. The highest BCUT2D eigenvalue weighted by Crippen LogP contribution is 2.27. The number of rotatable bonds is 4. The Bertz CT molecular complexity index is 625. The third kappa shape index (κ3) is 3.05. The molecule has 0 aliphatic carbocycles. The molecular formula is C16H21N5O. The summed E-state index contributed by atoms with van der Waals surface area (Å²) in [7, 11) is 0. The van der Waals surface area contributed by atoms with Gasteiger partial charge >= 0.3 is 0 Å². The molecule has 6 nitrogen and oxygen atoms in total. The zero-order valence-electron chi connectivity index (χ0n) is 12.7. The Kier molecular flexibility index (Phi) is 4.27. The number of phenolic OH excluding ortho intramolecular Hbond substituents is 1. The Morgan fingerprint density at radius 2 is 1.82 bits per heavy atom. The Morgan fingerprint density at radius 1 is 1.09 bits per heavy atom. The van der Waals surface area contributed by atoms with Crippen LogP contribution in [-0.2, 0) is 0 Å². The third-order valence-corrected chi connectivity index (χ3v) is 3.79. The normalized spacial score (nSPS) is 15.0. The van der Waals surface area contributed by atoms with Gasteiger partial charge in [-0.25, -0.2) is 4.98 Å². The number of aromatic nitrogens is 2. The minimum Gasteiger partial charge on any atom is -0.506 e. The first-order chi connectivity index (χ1) is 10.8. The number of hydrogen-bond donors (Lipinski definition) is 2. The van der Waals surface area contributed by atoms with Gasteiger partial charge in [0.2, 0.25) is 5.95 Å². The van der Waals surface area contributed by atoms with Crippen molar-refractivity contribution in [2.45, 2.75) is 6.92 Å². The second-order valence-corrected chi connectivity index (χ2v) is 5.24. The highest BCUT2D eigenvalue weighted by Gasteiger charge is 2.20. The zero-order valence-corrected chi connectivity index (χ0v) is 12.7. The highest BCUT2D eigenvalue weighted by atomic mass is 16.3. The van der Waals surface area contributed by atoms with Crippen LogP contribution in [-0.4, -0.2) is 47.8 Å². The van der Waals surface area contributed by atoms with Crippen molar-refractivity contribution >= 4 is 17.5 Å². The van der Waals surface area contributed by atoms with E-state index in [0.717, 1.165) is 50.2 Å². The van der Waals surface area contributed by atoms with Crippen LogP contribution in [0.25, 0.3) is 0 Å². The number of para-hydroxylation sites is 2. The molecule has 2 N–H and O–H groups in total. The fourth-order valence-electron chi connectivity index (χ4n) is 2.66. The molecular weight excluding hydrogens is 278 g/mol. The van der Waals surface area contributed by atoms with Crippen molar-refractivity contribution in [1.29, 1.82) is 0 Å². The summed E-state index contributed by atoms with van der Waals surface area (Å²) in [4.78, 5) is 13.3.